The molecule has 2 heterocycles. The first-order valence-electron chi connectivity index (χ1n) is 16.6. The number of tetrazole rings is 1. The van der Waals surface area contributed by atoms with Crippen molar-refractivity contribution in [2.24, 2.45) is 0 Å². The number of rotatable bonds is 10. The standard InChI is InChI=1S/C42H37IN6/c1-4-34-29-39(40(43)38(5-2)44-34)48(3)35-27-25-30(26-28-35)36-23-15-16-24-37(36)41-45-47-49(46-41)42(31-17-9-6-10-18-31,32-19-11-7-12-20-32)33-21-13-8-14-22-33/h6-29H,4-5H2,1-3H3. The average Bonchev–Trinajstić information content (AvgIpc) is 3.67. The lowest BCUT2D eigenvalue weighted by atomic mass is 9.77. The summed E-state index contributed by atoms with van der Waals surface area (Å²) in [7, 11) is 2.13. The van der Waals surface area contributed by atoms with Crippen LogP contribution in [0.3, 0.4) is 0 Å². The van der Waals surface area contributed by atoms with Gasteiger partial charge >= 0.3 is 0 Å². The van der Waals surface area contributed by atoms with Gasteiger partial charge in [0, 0.05) is 24.0 Å². The summed E-state index contributed by atoms with van der Waals surface area (Å²) in [6, 6.07) is 50.5. The number of aryl methyl sites for hydroxylation is 2. The van der Waals surface area contributed by atoms with Crippen molar-refractivity contribution in [2.45, 2.75) is 32.2 Å². The zero-order valence-corrected chi connectivity index (χ0v) is 30.0. The summed E-state index contributed by atoms with van der Waals surface area (Å²) in [5.74, 6) is 0.564. The van der Waals surface area contributed by atoms with Crippen molar-refractivity contribution in [2.75, 3.05) is 11.9 Å². The van der Waals surface area contributed by atoms with Gasteiger partial charge < -0.3 is 4.90 Å². The minimum atomic E-state index is -0.837. The van der Waals surface area contributed by atoms with E-state index in [1.165, 1.54) is 9.26 Å². The molecule has 0 radical (unpaired) electrons. The van der Waals surface area contributed by atoms with Crippen molar-refractivity contribution in [1.82, 2.24) is 25.2 Å². The molecule has 0 aliphatic rings. The largest absolute Gasteiger partial charge is 0.344 e. The van der Waals surface area contributed by atoms with E-state index < -0.39 is 5.54 Å². The van der Waals surface area contributed by atoms with Crippen LogP contribution in [0.2, 0.25) is 0 Å². The Morgan fingerprint density at radius 1 is 0.653 bits per heavy atom. The zero-order chi connectivity index (χ0) is 33.8. The van der Waals surface area contributed by atoms with Gasteiger partial charge in [-0.3, -0.25) is 4.98 Å². The van der Waals surface area contributed by atoms with E-state index in [0.717, 1.165) is 63.3 Å². The minimum Gasteiger partial charge on any atom is -0.344 e. The second-order valence-corrected chi connectivity index (χ2v) is 13.0. The Kier molecular flexibility index (Phi) is 9.35. The third-order valence-corrected chi connectivity index (χ3v) is 10.3. The Hall–Kier alpha value is -5.15. The van der Waals surface area contributed by atoms with Gasteiger partial charge in [-0.15, -0.1) is 15.0 Å². The number of hydrogen-bond acceptors (Lipinski definition) is 5. The van der Waals surface area contributed by atoms with Gasteiger partial charge in [0.2, 0.25) is 5.82 Å². The van der Waals surface area contributed by atoms with E-state index in [0.29, 0.717) is 5.82 Å². The molecule has 0 aliphatic carbocycles. The van der Waals surface area contributed by atoms with Gasteiger partial charge in [-0.05, 0) is 86.7 Å². The predicted molar refractivity (Wildman–Crippen MR) is 207 cm³/mol. The van der Waals surface area contributed by atoms with Gasteiger partial charge in [-0.1, -0.05) is 141 Å². The maximum Gasteiger partial charge on any atom is 0.205 e. The molecule has 242 valence electrons. The van der Waals surface area contributed by atoms with Gasteiger partial charge in [0.15, 0.2) is 5.54 Å². The molecule has 0 amide bonds. The summed E-state index contributed by atoms with van der Waals surface area (Å²) < 4.78 is 1.20. The first kappa shape index (κ1) is 32.4. The molecule has 0 spiro atoms. The van der Waals surface area contributed by atoms with E-state index in [2.05, 4.69) is 170 Å². The Balaban J connectivity index is 1.30. The third-order valence-electron chi connectivity index (χ3n) is 9.14. The number of nitrogens with zero attached hydrogens (tertiary/aromatic N) is 6. The summed E-state index contributed by atoms with van der Waals surface area (Å²) in [6.45, 7) is 4.32. The highest BCUT2D eigenvalue weighted by Crippen LogP contribution is 2.41. The van der Waals surface area contributed by atoms with Crippen LogP contribution in [0.1, 0.15) is 41.9 Å². The maximum absolute atomic E-state index is 5.18. The SMILES string of the molecule is CCc1cc(N(C)c2ccc(-c3ccccc3-c3nnn(C(c4ccccc4)(c4ccccc4)c4ccccc4)n3)cc2)c(I)c(CC)n1. The Morgan fingerprint density at radius 2 is 1.18 bits per heavy atom. The normalized spacial score (nSPS) is 11.4. The van der Waals surface area contributed by atoms with Crippen molar-refractivity contribution < 1.29 is 0 Å². The van der Waals surface area contributed by atoms with Crippen LogP contribution in [-0.2, 0) is 18.4 Å². The fourth-order valence-corrected chi connectivity index (χ4v) is 7.58. The molecule has 0 aliphatic heterocycles. The van der Waals surface area contributed by atoms with Crippen molar-refractivity contribution >= 4 is 34.0 Å². The van der Waals surface area contributed by atoms with E-state index in [-0.39, 0.29) is 0 Å². The minimum absolute atomic E-state index is 0.564. The fourth-order valence-electron chi connectivity index (χ4n) is 6.57. The molecule has 0 unspecified atom stereocenters. The highest BCUT2D eigenvalue weighted by atomic mass is 127. The maximum atomic E-state index is 5.18. The fraction of sp³-hybridized carbons (Fsp3) is 0.143. The first-order chi connectivity index (χ1) is 24.0. The van der Waals surface area contributed by atoms with Crippen molar-refractivity contribution in [3.63, 3.8) is 0 Å². The molecule has 0 saturated carbocycles. The van der Waals surface area contributed by atoms with Gasteiger partial charge in [0.05, 0.1) is 15.0 Å². The smallest absolute Gasteiger partial charge is 0.205 e. The third kappa shape index (κ3) is 6.04. The molecule has 2 aromatic heterocycles. The van der Waals surface area contributed by atoms with Gasteiger partial charge in [-0.2, -0.15) is 0 Å². The molecule has 7 aromatic rings. The van der Waals surface area contributed by atoms with Gasteiger partial charge in [0.25, 0.3) is 0 Å². The van der Waals surface area contributed by atoms with Crippen LogP contribution >= 0.6 is 22.6 Å². The second kappa shape index (κ2) is 14.1. The lowest BCUT2D eigenvalue weighted by Crippen LogP contribution is -2.39. The molecule has 0 saturated heterocycles. The number of hydrogen-bond donors (Lipinski definition) is 0. The van der Waals surface area contributed by atoms with Crippen LogP contribution in [-0.4, -0.2) is 32.2 Å². The number of aromatic nitrogens is 5. The summed E-state index contributed by atoms with van der Waals surface area (Å²) in [5.41, 5.74) is 9.88. The molecule has 7 heteroatoms. The van der Waals surface area contributed by atoms with Crippen molar-refractivity contribution in [3.8, 4) is 22.5 Å². The Morgan fingerprint density at radius 3 is 1.71 bits per heavy atom. The number of halogens is 1. The highest BCUT2D eigenvalue weighted by molar-refractivity contribution is 14.1. The van der Waals surface area contributed by atoms with Crippen LogP contribution in [0.15, 0.2) is 146 Å². The second-order valence-electron chi connectivity index (χ2n) is 12.0. The molecular formula is C42H37IN6. The van der Waals surface area contributed by atoms with Crippen LogP contribution in [0.5, 0.6) is 0 Å². The summed E-state index contributed by atoms with van der Waals surface area (Å²) in [4.78, 5) is 8.89. The molecule has 0 N–H and O–H groups in total. The Bertz CT molecular complexity index is 2070. The van der Waals surface area contributed by atoms with E-state index in [1.807, 2.05) is 24.3 Å². The summed E-state index contributed by atoms with van der Waals surface area (Å²) in [5, 5.41) is 14.7. The van der Waals surface area contributed by atoms with Crippen LogP contribution < -0.4 is 4.90 Å². The first-order valence-corrected chi connectivity index (χ1v) is 17.7. The molecule has 5 aromatic carbocycles. The lowest BCUT2D eigenvalue weighted by molar-refractivity contribution is 0.396. The molecular weight excluding hydrogens is 715 g/mol. The summed E-state index contributed by atoms with van der Waals surface area (Å²) in [6.07, 6.45) is 1.81. The van der Waals surface area contributed by atoms with E-state index in [4.69, 9.17) is 20.4 Å². The molecule has 49 heavy (non-hydrogen) atoms. The van der Waals surface area contributed by atoms with E-state index >= 15 is 0 Å². The molecule has 7 rings (SSSR count). The number of anilines is 2. The zero-order valence-electron chi connectivity index (χ0n) is 27.8. The molecule has 0 fully saturated rings. The monoisotopic (exact) mass is 752 g/mol. The van der Waals surface area contributed by atoms with Gasteiger partial charge in [-0.25, -0.2) is 0 Å². The number of benzene rings is 5. The Labute approximate surface area is 301 Å². The average molecular weight is 753 g/mol. The van der Waals surface area contributed by atoms with Crippen LogP contribution in [0.25, 0.3) is 22.5 Å². The molecule has 0 bridgehead atoms. The van der Waals surface area contributed by atoms with E-state index in [9.17, 15) is 0 Å². The van der Waals surface area contributed by atoms with Crippen LogP contribution in [0.4, 0.5) is 11.4 Å². The summed E-state index contributed by atoms with van der Waals surface area (Å²) >= 11 is 2.44. The molecule has 0 atom stereocenters. The topological polar surface area (TPSA) is 59.7 Å². The quantitative estimate of drug-likeness (QED) is 0.103. The van der Waals surface area contributed by atoms with Crippen LogP contribution in [0, 0.1) is 3.57 Å². The highest BCUT2D eigenvalue weighted by Gasteiger charge is 2.41. The van der Waals surface area contributed by atoms with Crippen molar-refractivity contribution in [3.05, 3.63) is 177 Å². The molecule has 6 nitrogen and oxygen atoms in total. The van der Waals surface area contributed by atoms with Crippen molar-refractivity contribution in [1.29, 1.82) is 0 Å². The van der Waals surface area contributed by atoms with E-state index in [1.54, 1.807) is 4.80 Å². The lowest BCUT2D eigenvalue weighted by Gasteiger charge is -2.34. The number of pyridine rings is 1. The predicted octanol–water partition coefficient (Wildman–Crippen LogP) is 9.74. The van der Waals surface area contributed by atoms with Gasteiger partial charge in [0.1, 0.15) is 0 Å².